The summed E-state index contributed by atoms with van der Waals surface area (Å²) in [4.78, 5) is 21.7. The molecule has 0 heterocycles. The molecule has 0 aliphatic heterocycles. The SMILES string of the molecule is CC#CCNC(=O)NC(C)(C)CCC(=O)O. The van der Waals surface area contributed by atoms with Crippen LogP contribution in [0.1, 0.15) is 33.6 Å². The van der Waals surface area contributed by atoms with Gasteiger partial charge < -0.3 is 15.7 Å². The predicted octanol–water partition coefficient (Wildman–Crippen LogP) is 0.952. The summed E-state index contributed by atoms with van der Waals surface area (Å²) in [6.45, 7) is 5.54. The zero-order valence-corrected chi connectivity index (χ0v) is 9.89. The molecule has 0 atom stereocenters. The highest BCUT2D eigenvalue weighted by Crippen LogP contribution is 2.10. The Bertz CT molecular complexity index is 313. The Labute approximate surface area is 95.6 Å². The van der Waals surface area contributed by atoms with Crippen molar-refractivity contribution in [3.8, 4) is 11.8 Å². The second kappa shape index (κ2) is 6.72. The van der Waals surface area contributed by atoms with Crippen LogP contribution in [-0.4, -0.2) is 29.2 Å². The summed E-state index contributed by atoms with van der Waals surface area (Å²) in [6, 6.07) is -0.335. The van der Waals surface area contributed by atoms with E-state index in [0.717, 1.165) is 0 Å². The van der Waals surface area contributed by atoms with Gasteiger partial charge in [0.2, 0.25) is 0 Å². The molecular formula is C11H18N2O3. The Morgan fingerprint density at radius 3 is 2.50 bits per heavy atom. The average Bonchev–Trinajstić information content (AvgIpc) is 2.15. The molecule has 0 unspecified atom stereocenters. The maximum absolute atomic E-state index is 11.3. The van der Waals surface area contributed by atoms with Gasteiger partial charge in [-0.2, -0.15) is 0 Å². The molecule has 0 spiro atoms. The van der Waals surface area contributed by atoms with Crippen LogP contribution >= 0.6 is 0 Å². The second-order valence-electron chi connectivity index (χ2n) is 4.01. The lowest BCUT2D eigenvalue weighted by atomic mass is 9.99. The third kappa shape index (κ3) is 7.68. The molecule has 5 heteroatoms. The first-order valence-corrected chi connectivity index (χ1v) is 5.05. The van der Waals surface area contributed by atoms with E-state index in [1.54, 1.807) is 20.8 Å². The summed E-state index contributed by atoms with van der Waals surface area (Å²) in [5.74, 6) is 4.49. The number of nitrogens with one attached hydrogen (secondary N) is 2. The van der Waals surface area contributed by atoms with Crippen molar-refractivity contribution in [1.29, 1.82) is 0 Å². The van der Waals surface area contributed by atoms with Crippen LogP contribution in [0.3, 0.4) is 0 Å². The molecule has 0 rings (SSSR count). The lowest BCUT2D eigenvalue weighted by molar-refractivity contribution is -0.137. The standard InChI is InChI=1S/C11H18N2O3/c1-4-5-8-12-10(16)13-11(2,3)7-6-9(14)15/h6-8H2,1-3H3,(H,14,15)(H2,12,13,16). The highest BCUT2D eigenvalue weighted by atomic mass is 16.4. The van der Waals surface area contributed by atoms with Gasteiger partial charge in [0.1, 0.15) is 0 Å². The number of carbonyl (C=O) groups is 2. The van der Waals surface area contributed by atoms with Crippen molar-refractivity contribution in [2.75, 3.05) is 6.54 Å². The van der Waals surface area contributed by atoms with E-state index in [2.05, 4.69) is 22.5 Å². The first-order valence-electron chi connectivity index (χ1n) is 5.05. The van der Waals surface area contributed by atoms with Crippen LogP contribution < -0.4 is 10.6 Å². The molecule has 0 aromatic rings. The predicted molar refractivity (Wildman–Crippen MR) is 60.9 cm³/mol. The number of aliphatic carboxylic acids is 1. The van der Waals surface area contributed by atoms with E-state index in [1.807, 2.05) is 0 Å². The number of hydrogen-bond donors (Lipinski definition) is 3. The van der Waals surface area contributed by atoms with Gasteiger partial charge in [0, 0.05) is 12.0 Å². The van der Waals surface area contributed by atoms with Gasteiger partial charge in [0.25, 0.3) is 0 Å². The number of carboxylic acid groups (broad SMARTS) is 1. The Morgan fingerprint density at radius 2 is 2.00 bits per heavy atom. The number of carbonyl (C=O) groups excluding carboxylic acids is 1. The minimum atomic E-state index is -0.868. The number of amides is 2. The summed E-state index contributed by atoms with van der Waals surface area (Å²) in [5, 5.41) is 13.8. The maximum atomic E-state index is 11.3. The van der Waals surface area contributed by atoms with E-state index < -0.39 is 11.5 Å². The minimum Gasteiger partial charge on any atom is -0.481 e. The Hall–Kier alpha value is -1.70. The van der Waals surface area contributed by atoms with Crippen molar-refractivity contribution >= 4 is 12.0 Å². The van der Waals surface area contributed by atoms with Crippen molar-refractivity contribution in [1.82, 2.24) is 10.6 Å². The fourth-order valence-corrected chi connectivity index (χ4v) is 1.05. The fraction of sp³-hybridized carbons (Fsp3) is 0.636. The molecule has 0 aromatic heterocycles. The van der Waals surface area contributed by atoms with E-state index in [1.165, 1.54) is 0 Å². The van der Waals surface area contributed by atoms with Gasteiger partial charge in [-0.15, -0.1) is 5.92 Å². The zero-order chi connectivity index (χ0) is 12.6. The third-order valence-electron chi connectivity index (χ3n) is 1.93. The van der Waals surface area contributed by atoms with E-state index in [9.17, 15) is 9.59 Å². The quantitative estimate of drug-likeness (QED) is 0.611. The number of urea groups is 1. The fourth-order valence-electron chi connectivity index (χ4n) is 1.05. The third-order valence-corrected chi connectivity index (χ3v) is 1.93. The van der Waals surface area contributed by atoms with Crippen LogP contribution in [0.5, 0.6) is 0 Å². The summed E-state index contributed by atoms with van der Waals surface area (Å²) >= 11 is 0. The molecule has 0 aliphatic rings. The van der Waals surface area contributed by atoms with Gasteiger partial charge in [-0.3, -0.25) is 4.79 Å². The molecule has 16 heavy (non-hydrogen) atoms. The van der Waals surface area contributed by atoms with Crippen molar-refractivity contribution in [2.24, 2.45) is 0 Å². The van der Waals surface area contributed by atoms with Gasteiger partial charge in [-0.1, -0.05) is 5.92 Å². The Morgan fingerprint density at radius 1 is 1.38 bits per heavy atom. The molecule has 0 saturated carbocycles. The molecule has 0 bridgehead atoms. The smallest absolute Gasteiger partial charge is 0.315 e. The number of carboxylic acids is 1. The molecule has 3 N–H and O–H groups in total. The first kappa shape index (κ1) is 14.3. The van der Waals surface area contributed by atoms with Crippen LogP contribution in [0.4, 0.5) is 4.79 Å². The molecule has 0 aliphatic carbocycles. The maximum Gasteiger partial charge on any atom is 0.315 e. The molecule has 5 nitrogen and oxygen atoms in total. The van der Waals surface area contributed by atoms with Gasteiger partial charge in [-0.25, -0.2) is 4.79 Å². The topological polar surface area (TPSA) is 78.4 Å². The van der Waals surface area contributed by atoms with Crippen LogP contribution in [0, 0.1) is 11.8 Å². The van der Waals surface area contributed by atoms with E-state index in [4.69, 9.17) is 5.11 Å². The average molecular weight is 226 g/mol. The van der Waals surface area contributed by atoms with Gasteiger partial charge in [0.15, 0.2) is 0 Å². The highest BCUT2D eigenvalue weighted by Gasteiger charge is 2.20. The lowest BCUT2D eigenvalue weighted by Gasteiger charge is -2.25. The van der Waals surface area contributed by atoms with Crippen LogP contribution in [-0.2, 0) is 4.79 Å². The minimum absolute atomic E-state index is 0.0298. The molecule has 90 valence electrons. The Balaban J connectivity index is 3.97. The van der Waals surface area contributed by atoms with E-state index >= 15 is 0 Å². The van der Waals surface area contributed by atoms with Crippen LogP contribution in [0.2, 0.25) is 0 Å². The normalized spacial score (nSPS) is 9.94. The molecule has 0 aromatic carbocycles. The van der Waals surface area contributed by atoms with Gasteiger partial charge in [-0.05, 0) is 27.2 Å². The molecule has 0 saturated heterocycles. The van der Waals surface area contributed by atoms with E-state index in [0.29, 0.717) is 6.42 Å². The van der Waals surface area contributed by atoms with Crippen molar-refractivity contribution in [3.63, 3.8) is 0 Å². The highest BCUT2D eigenvalue weighted by molar-refractivity contribution is 5.75. The van der Waals surface area contributed by atoms with Gasteiger partial charge >= 0.3 is 12.0 Å². The molecular weight excluding hydrogens is 208 g/mol. The zero-order valence-electron chi connectivity index (χ0n) is 9.89. The summed E-state index contributed by atoms with van der Waals surface area (Å²) in [6.07, 6.45) is 0.414. The summed E-state index contributed by atoms with van der Waals surface area (Å²) in [5.41, 5.74) is -0.540. The van der Waals surface area contributed by atoms with Crippen molar-refractivity contribution in [3.05, 3.63) is 0 Å². The second-order valence-corrected chi connectivity index (χ2v) is 4.01. The molecule has 0 radical (unpaired) electrons. The van der Waals surface area contributed by atoms with E-state index in [-0.39, 0.29) is 19.0 Å². The molecule has 2 amide bonds. The number of hydrogen-bond acceptors (Lipinski definition) is 2. The monoisotopic (exact) mass is 226 g/mol. The molecule has 0 fully saturated rings. The lowest BCUT2D eigenvalue weighted by Crippen LogP contribution is -2.48. The first-order chi connectivity index (χ1) is 7.37. The van der Waals surface area contributed by atoms with Crippen molar-refractivity contribution in [2.45, 2.75) is 39.2 Å². The van der Waals surface area contributed by atoms with Crippen LogP contribution in [0.15, 0.2) is 0 Å². The summed E-state index contributed by atoms with van der Waals surface area (Å²) in [7, 11) is 0. The van der Waals surface area contributed by atoms with Crippen molar-refractivity contribution < 1.29 is 14.7 Å². The van der Waals surface area contributed by atoms with Crippen LogP contribution in [0.25, 0.3) is 0 Å². The summed E-state index contributed by atoms with van der Waals surface area (Å²) < 4.78 is 0. The Kier molecular flexibility index (Phi) is 6.01. The largest absolute Gasteiger partial charge is 0.481 e. The number of rotatable bonds is 5. The van der Waals surface area contributed by atoms with Gasteiger partial charge in [0.05, 0.1) is 6.54 Å².